The zero-order valence-corrected chi connectivity index (χ0v) is 12.9. The molecule has 0 unspecified atom stereocenters. The van der Waals surface area contributed by atoms with Crippen LogP contribution in [-0.2, 0) is 22.9 Å². The van der Waals surface area contributed by atoms with Crippen molar-refractivity contribution in [3.05, 3.63) is 0 Å². The van der Waals surface area contributed by atoms with Gasteiger partial charge in [0.05, 0.1) is 7.11 Å². The summed E-state index contributed by atoms with van der Waals surface area (Å²) in [4.78, 5) is 34.0. The van der Waals surface area contributed by atoms with Gasteiger partial charge >= 0.3 is 18.0 Å². The van der Waals surface area contributed by atoms with Gasteiger partial charge in [-0.2, -0.15) is 0 Å². The second kappa shape index (κ2) is 7.98. The van der Waals surface area contributed by atoms with Crippen molar-refractivity contribution < 1.29 is 27.7 Å². The van der Waals surface area contributed by atoms with Crippen molar-refractivity contribution in [2.24, 2.45) is 0 Å². The molecular formula is C11H18BrNO6. The number of hydrogen-bond acceptors (Lipinski definition) is 6. The van der Waals surface area contributed by atoms with Crippen LogP contribution in [0, 0.1) is 0 Å². The van der Waals surface area contributed by atoms with Crippen LogP contribution in [0.1, 0.15) is 33.6 Å². The molecule has 0 fully saturated rings. The normalized spacial score (nSPS) is 12.3. The minimum atomic E-state index is -0.966. The zero-order chi connectivity index (χ0) is 15.1. The van der Waals surface area contributed by atoms with E-state index in [1.165, 1.54) is 7.11 Å². The van der Waals surface area contributed by atoms with E-state index in [4.69, 9.17) is 4.74 Å². The van der Waals surface area contributed by atoms with Gasteiger partial charge in [0.2, 0.25) is 0 Å². The molecule has 19 heavy (non-hydrogen) atoms. The van der Waals surface area contributed by atoms with Crippen molar-refractivity contribution in [3.63, 3.8) is 0 Å². The van der Waals surface area contributed by atoms with E-state index in [-0.39, 0.29) is 12.8 Å². The monoisotopic (exact) mass is 339 g/mol. The molecule has 0 rings (SSSR count). The number of carbonyl (C=O) groups excluding carboxylic acids is 3. The lowest BCUT2D eigenvalue weighted by Gasteiger charge is -2.22. The SMILES string of the molecule is COC(=O)[C@H](CCC(=O)OBr)NC(=O)OC(C)(C)C. The number of hydrogen-bond donors (Lipinski definition) is 1. The average molecular weight is 340 g/mol. The van der Waals surface area contributed by atoms with E-state index in [1.54, 1.807) is 20.8 Å². The second-order valence-corrected chi connectivity index (χ2v) is 5.03. The van der Waals surface area contributed by atoms with Crippen molar-refractivity contribution >= 4 is 34.3 Å². The Morgan fingerprint density at radius 2 is 1.84 bits per heavy atom. The minimum absolute atomic E-state index is 0.0519. The number of ether oxygens (including phenoxy) is 2. The molecule has 0 saturated carbocycles. The predicted octanol–water partition coefficient (Wildman–Crippen LogP) is 1.69. The van der Waals surface area contributed by atoms with Crippen molar-refractivity contribution in [2.45, 2.75) is 45.3 Å². The van der Waals surface area contributed by atoms with E-state index in [0.717, 1.165) is 0 Å². The highest BCUT2D eigenvalue weighted by Crippen LogP contribution is 2.08. The first-order chi connectivity index (χ1) is 8.69. The molecule has 1 amide bonds. The molecule has 0 spiro atoms. The fourth-order valence-electron chi connectivity index (χ4n) is 1.14. The lowest BCUT2D eigenvalue weighted by atomic mass is 10.1. The Hall–Kier alpha value is -1.31. The summed E-state index contributed by atoms with van der Waals surface area (Å²) in [7, 11) is 1.19. The fraction of sp³-hybridized carbons (Fsp3) is 0.727. The minimum Gasteiger partial charge on any atom is -0.467 e. The number of methoxy groups -OCH3 is 1. The van der Waals surface area contributed by atoms with E-state index in [9.17, 15) is 14.4 Å². The largest absolute Gasteiger partial charge is 0.467 e. The van der Waals surface area contributed by atoms with Gasteiger partial charge in [-0.15, -0.1) is 0 Å². The summed E-state index contributed by atoms with van der Waals surface area (Å²) >= 11 is 2.53. The molecule has 1 N–H and O–H groups in total. The van der Waals surface area contributed by atoms with Gasteiger partial charge in [0.25, 0.3) is 0 Å². The smallest absolute Gasteiger partial charge is 0.408 e. The van der Waals surface area contributed by atoms with E-state index in [0.29, 0.717) is 0 Å². The van der Waals surface area contributed by atoms with Gasteiger partial charge < -0.3 is 18.6 Å². The molecule has 0 saturated heterocycles. The Morgan fingerprint density at radius 3 is 2.26 bits per heavy atom. The quantitative estimate of drug-likeness (QED) is 0.766. The van der Waals surface area contributed by atoms with Crippen LogP contribution in [-0.4, -0.2) is 36.8 Å². The zero-order valence-electron chi connectivity index (χ0n) is 11.3. The van der Waals surface area contributed by atoms with E-state index < -0.39 is 29.7 Å². The molecule has 0 aliphatic rings. The van der Waals surface area contributed by atoms with Crippen molar-refractivity contribution in [2.75, 3.05) is 7.11 Å². The molecule has 8 heteroatoms. The number of nitrogens with one attached hydrogen (secondary N) is 1. The van der Waals surface area contributed by atoms with Crippen LogP contribution in [0.4, 0.5) is 4.79 Å². The topological polar surface area (TPSA) is 90.9 Å². The molecule has 0 aliphatic carbocycles. The van der Waals surface area contributed by atoms with E-state index in [1.807, 2.05) is 0 Å². The first-order valence-corrected chi connectivity index (χ1v) is 6.23. The van der Waals surface area contributed by atoms with Gasteiger partial charge in [0.1, 0.15) is 11.6 Å². The molecule has 0 bridgehead atoms. The number of halogens is 1. The van der Waals surface area contributed by atoms with Crippen LogP contribution < -0.4 is 5.32 Å². The Balaban J connectivity index is 4.47. The third-order valence-electron chi connectivity index (χ3n) is 1.90. The van der Waals surface area contributed by atoms with Gasteiger partial charge in [0, 0.05) is 6.42 Å². The summed E-state index contributed by atoms with van der Waals surface area (Å²) in [5, 5.41) is 2.34. The average Bonchev–Trinajstić information content (AvgIpc) is 2.30. The highest BCUT2D eigenvalue weighted by Gasteiger charge is 2.25. The molecular weight excluding hydrogens is 322 g/mol. The molecule has 0 aromatic carbocycles. The van der Waals surface area contributed by atoms with Gasteiger partial charge in [0.15, 0.2) is 16.3 Å². The molecule has 0 heterocycles. The maximum Gasteiger partial charge on any atom is 0.408 e. The van der Waals surface area contributed by atoms with Gasteiger partial charge in [-0.25, -0.2) is 9.59 Å². The highest BCUT2D eigenvalue weighted by molar-refractivity contribution is 9.06. The molecule has 1 atom stereocenters. The third-order valence-corrected chi connectivity index (χ3v) is 2.26. The van der Waals surface area contributed by atoms with E-state index in [2.05, 4.69) is 30.1 Å². The van der Waals surface area contributed by atoms with Crippen LogP contribution in [0.15, 0.2) is 0 Å². The van der Waals surface area contributed by atoms with Crippen molar-refractivity contribution in [1.82, 2.24) is 5.32 Å². The first kappa shape index (κ1) is 17.7. The number of alkyl carbamates (subject to hydrolysis) is 1. The Bertz CT molecular complexity index is 339. The maximum absolute atomic E-state index is 11.5. The lowest BCUT2D eigenvalue weighted by molar-refractivity contribution is -0.143. The second-order valence-electron chi connectivity index (χ2n) is 4.71. The van der Waals surface area contributed by atoms with Gasteiger partial charge in [-0.05, 0) is 27.2 Å². The number of esters is 1. The van der Waals surface area contributed by atoms with Gasteiger partial charge in [-0.1, -0.05) is 0 Å². The Kier molecular flexibility index (Phi) is 7.43. The molecule has 110 valence electrons. The lowest BCUT2D eigenvalue weighted by Crippen LogP contribution is -2.44. The molecule has 0 aromatic heterocycles. The highest BCUT2D eigenvalue weighted by atomic mass is 79.9. The Labute approximate surface area is 120 Å². The molecule has 7 nitrogen and oxygen atoms in total. The fourth-order valence-corrected chi connectivity index (χ4v) is 1.30. The number of carbonyl (C=O) groups is 3. The summed E-state index contributed by atoms with van der Waals surface area (Å²) in [5.74, 6) is -1.21. The standard InChI is InChI=1S/C11H18BrNO6/c1-11(2,3)18-10(16)13-7(9(15)17-4)5-6-8(14)19-12/h7H,5-6H2,1-4H3,(H,13,16)/t7-/m0/s1. The van der Waals surface area contributed by atoms with Crippen LogP contribution in [0.2, 0.25) is 0 Å². The Morgan fingerprint density at radius 1 is 1.26 bits per heavy atom. The summed E-state index contributed by atoms with van der Waals surface area (Å²) in [5.41, 5.74) is -0.681. The van der Waals surface area contributed by atoms with E-state index >= 15 is 0 Å². The number of amides is 1. The number of rotatable bonds is 5. The van der Waals surface area contributed by atoms with Crippen LogP contribution >= 0.6 is 16.3 Å². The summed E-state index contributed by atoms with van der Waals surface area (Å²) < 4.78 is 13.8. The summed E-state index contributed by atoms with van der Waals surface area (Å²) in [6, 6.07) is -0.966. The molecule has 0 radical (unpaired) electrons. The van der Waals surface area contributed by atoms with Crippen molar-refractivity contribution in [3.8, 4) is 0 Å². The van der Waals surface area contributed by atoms with Gasteiger partial charge in [-0.3, -0.25) is 4.79 Å². The third kappa shape index (κ3) is 8.41. The summed E-state index contributed by atoms with van der Waals surface area (Å²) in [6.45, 7) is 5.09. The molecule has 0 aliphatic heterocycles. The molecule has 0 aromatic rings. The summed E-state index contributed by atoms with van der Waals surface area (Å²) in [6.07, 6.45) is -0.757. The van der Waals surface area contributed by atoms with Crippen LogP contribution in [0.5, 0.6) is 0 Å². The van der Waals surface area contributed by atoms with Crippen LogP contribution in [0.3, 0.4) is 0 Å². The first-order valence-electron chi connectivity index (χ1n) is 5.58. The predicted molar refractivity (Wildman–Crippen MR) is 69.4 cm³/mol. The van der Waals surface area contributed by atoms with Crippen LogP contribution in [0.25, 0.3) is 0 Å². The maximum atomic E-state index is 11.5. The van der Waals surface area contributed by atoms with Crippen molar-refractivity contribution in [1.29, 1.82) is 0 Å².